The number of rotatable bonds is 2. The molecule has 0 aliphatic heterocycles. The molecule has 3 rings (SSSR count). The fourth-order valence-corrected chi connectivity index (χ4v) is 2.65. The van der Waals surface area contributed by atoms with Crippen LogP contribution >= 0.6 is 0 Å². The van der Waals surface area contributed by atoms with Gasteiger partial charge in [-0.15, -0.1) is 4.73 Å². The van der Waals surface area contributed by atoms with Crippen molar-refractivity contribution in [2.24, 2.45) is 0 Å². The van der Waals surface area contributed by atoms with Crippen molar-refractivity contribution in [3.05, 3.63) is 34.6 Å². The minimum atomic E-state index is -0.427. The van der Waals surface area contributed by atoms with Crippen molar-refractivity contribution in [2.75, 3.05) is 5.32 Å². The van der Waals surface area contributed by atoms with E-state index in [4.69, 9.17) is 0 Å². The zero-order valence-corrected chi connectivity index (χ0v) is 10.7. The third-order valence-electron chi connectivity index (χ3n) is 3.69. The first-order valence-electron chi connectivity index (χ1n) is 6.73. The van der Waals surface area contributed by atoms with E-state index in [9.17, 15) is 10.0 Å². The first kappa shape index (κ1) is 12.0. The van der Waals surface area contributed by atoms with Crippen LogP contribution in [-0.4, -0.2) is 21.0 Å². The average Bonchev–Trinajstić information content (AvgIpc) is 2.46. The summed E-state index contributed by atoms with van der Waals surface area (Å²) in [6, 6.07) is 7.34. The van der Waals surface area contributed by atoms with Crippen LogP contribution in [-0.2, 0) is 0 Å². The van der Waals surface area contributed by atoms with Gasteiger partial charge in [-0.25, -0.2) is 4.98 Å². The summed E-state index contributed by atoms with van der Waals surface area (Å²) in [6.07, 6.45) is 5.74. The summed E-state index contributed by atoms with van der Waals surface area (Å²) in [6.45, 7) is 0. The van der Waals surface area contributed by atoms with Gasteiger partial charge in [-0.05, 0) is 25.0 Å². The van der Waals surface area contributed by atoms with Crippen molar-refractivity contribution < 1.29 is 5.21 Å². The number of para-hydroxylation sites is 1. The Labute approximate surface area is 110 Å². The van der Waals surface area contributed by atoms with Crippen molar-refractivity contribution >= 4 is 16.9 Å². The molecule has 0 radical (unpaired) electrons. The summed E-state index contributed by atoms with van der Waals surface area (Å²) in [4.78, 5) is 16.4. The molecule has 0 saturated heterocycles. The summed E-state index contributed by atoms with van der Waals surface area (Å²) < 4.78 is 0.622. The molecule has 5 nitrogen and oxygen atoms in total. The van der Waals surface area contributed by atoms with Gasteiger partial charge < -0.3 is 10.5 Å². The van der Waals surface area contributed by atoms with Crippen LogP contribution in [0.25, 0.3) is 10.9 Å². The number of aromatic nitrogens is 2. The van der Waals surface area contributed by atoms with Crippen LogP contribution in [0.5, 0.6) is 0 Å². The molecule has 5 heteroatoms. The Kier molecular flexibility index (Phi) is 3.11. The second-order valence-electron chi connectivity index (χ2n) is 5.05. The molecule has 1 aromatic heterocycles. The van der Waals surface area contributed by atoms with Gasteiger partial charge in [0.2, 0.25) is 5.95 Å². The molecular formula is C14H17N3O2. The first-order valence-corrected chi connectivity index (χ1v) is 6.73. The molecule has 100 valence electrons. The molecule has 0 unspecified atom stereocenters. The van der Waals surface area contributed by atoms with Gasteiger partial charge in [0, 0.05) is 6.04 Å². The van der Waals surface area contributed by atoms with E-state index in [1.807, 2.05) is 6.07 Å². The predicted molar refractivity (Wildman–Crippen MR) is 73.7 cm³/mol. The van der Waals surface area contributed by atoms with Crippen molar-refractivity contribution in [2.45, 2.75) is 38.1 Å². The standard InChI is InChI=1S/C14H17N3O2/c18-13-11-8-4-5-9-12(11)16-14(17(13)19)15-10-6-2-1-3-7-10/h4-5,8-10,19H,1-3,6-7H2,(H,15,16). The minimum absolute atomic E-state index is 0.246. The summed E-state index contributed by atoms with van der Waals surface area (Å²) in [5, 5.41) is 13.5. The molecule has 1 heterocycles. The van der Waals surface area contributed by atoms with Crippen LogP contribution < -0.4 is 10.9 Å². The monoisotopic (exact) mass is 259 g/mol. The molecule has 1 saturated carbocycles. The molecule has 1 aliphatic carbocycles. The van der Waals surface area contributed by atoms with Gasteiger partial charge in [0.15, 0.2) is 0 Å². The largest absolute Gasteiger partial charge is 0.422 e. The van der Waals surface area contributed by atoms with Gasteiger partial charge in [0.25, 0.3) is 5.56 Å². The lowest BCUT2D eigenvalue weighted by Gasteiger charge is -2.23. The molecule has 0 spiro atoms. The highest BCUT2D eigenvalue weighted by Gasteiger charge is 2.17. The highest BCUT2D eigenvalue weighted by molar-refractivity contribution is 5.78. The third-order valence-corrected chi connectivity index (χ3v) is 3.69. The van der Waals surface area contributed by atoms with Crippen LogP contribution in [0.1, 0.15) is 32.1 Å². The quantitative estimate of drug-likeness (QED) is 0.813. The van der Waals surface area contributed by atoms with Crippen molar-refractivity contribution in [3.63, 3.8) is 0 Å². The second-order valence-corrected chi connectivity index (χ2v) is 5.05. The maximum Gasteiger partial charge on any atom is 0.295 e. The Balaban J connectivity index is 1.99. The van der Waals surface area contributed by atoms with Crippen LogP contribution in [0.2, 0.25) is 0 Å². The molecular weight excluding hydrogens is 242 g/mol. The Hall–Kier alpha value is -2.04. The van der Waals surface area contributed by atoms with Gasteiger partial charge in [0.1, 0.15) is 0 Å². The van der Waals surface area contributed by atoms with Gasteiger partial charge in [-0.1, -0.05) is 31.4 Å². The number of benzene rings is 1. The average molecular weight is 259 g/mol. The number of hydrogen-bond acceptors (Lipinski definition) is 4. The Morgan fingerprint density at radius 1 is 1.21 bits per heavy atom. The van der Waals surface area contributed by atoms with E-state index in [-0.39, 0.29) is 5.95 Å². The highest BCUT2D eigenvalue weighted by atomic mass is 16.5. The fraction of sp³-hybridized carbons (Fsp3) is 0.429. The molecule has 2 N–H and O–H groups in total. The van der Waals surface area contributed by atoms with Gasteiger partial charge >= 0.3 is 0 Å². The van der Waals surface area contributed by atoms with Crippen LogP contribution in [0.15, 0.2) is 29.1 Å². The predicted octanol–water partition coefficient (Wildman–Crippen LogP) is 2.38. The number of nitrogens with zero attached hydrogens (tertiary/aromatic N) is 2. The smallest absolute Gasteiger partial charge is 0.295 e. The lowest BCUT2D eigenvalue weighted by atomic mass is 9.96. The maximum absolute atomic E-state index is 12.0. The lowest BCUT2D eigenvalue weighted by molar-refractivity contribution is 0.178. The normalized spacial score (nSPS) is 16.6. The summed E-state index contributed by atoms with van der Waals surface area (Å²) in [5.74, 6) is 0.246. The molecule has 1 aliphatic rings. The number of nitrogens with one attached hydrogen (secondary N) is 1. The minimum Gasteiger partial charge on any atom is -0.422 e. The maximum atomic E-state index is 12.0. The van der Waals surface area contributed by atoms with E-state index < -0.39 is 5.56 Å². The SMILES string of the molecule is O=c1c2ccccc2nc(NC2CCCCC2)n1O. The molecule has 0 bridgehead atoms. The van der Waals surface area contributed by atoms with Crippen molar-refractivity contribution in [1.82, 2.24) is 9.71 Å². The number of anilines is 1. The van der Waals surface area contributed by atoms with E-state index in [0.717, 1.165) is 12.8 Å². The van der Waals surface area contributed by atoms with Crippen LogP contribution in [0.3, 0.4) is 0 Å². The van der Waals surface area contributed by atoms with Gasteiger partial charge in [-0.3, -0.25) is 4.79 Å². The van der Waals surface area contributed by atoms with E-state index >= 15 is 0 Å². The summed E-state index contributed by atoms with van der Waals surface area (Å²) in [5.41, 5.74) is 0.181. The molecule has 1 fully saturated rings. The number of fused-ring (bicyclic) bond motifs is 1. The van der Waals surface area contributed by atoms with Crippen molar-refractivity contribution in [1.29, 1.82) is 0 Å². The van der Waals surface area contributed by atoms with Gasteiger partial charge in [-0.2, -0.15) is 0 Å². The molecule has 0 atom stereocenters. The zero-order valence-electron chi connectivity index (χ0n) is 10.7. The first-order chi connectivity index (χ1) is 9.25. The number of hydrogen-bond donors (Lipinski definition) is 2. The molecule has 19 heavy (non-hydrogen) atoms. The van der Waals surface area contributed by atoms with Crippen LogP contribution in [0.4, 0.5) is 5.95 Å². The summed E-state index contributed by atoms with van der Waals surface area (Å²) >= 11 is 0. The highest BCUT2D eigenvalue weighted by Crippen LogP contribution is 2.20. The molecule has 0 amide bonds. The Morgan fingerprint density at radius 2 is 1.95 bits per heavy atom. The second kappa shape index (κ2) is 4.91. The van der Waals surface area contributed by atoms with E-state index in [1.165, 1.54) is 19.3 Å². The van der Waals surface area contributed by atoms with Crippen molar-refractivity contribution in [3.8, 4) is 0 Å². The molecule has 1 aromatic carbocycles. The van der Waals surface area contributed by atoms with Crippen LogP contribution in [0, 0.1) is 0 Å². The zero-order chi connectivity index (χ0) is 13.2. The van der Waals surface area contributed by atoms with Gasteiger partial charge in [0.05, 0.1) is 10.9 Å². The Morgan fingerprint density at radius 3 is 2.74 bits per heavy atom. The molecule has 2 aromatic rings. The Bertz CT molecular complexity index is 645. The topological polar surface area (TPSA) is 67.2 Å². The fourth-order valence-electron chi connectivity index (χ4n) is 2.65. The van der Waals surface area contributed by atoms with E-state index in [1.54, 1.807) is 18.2 Å². The third kappa shape index (κ3) is 2.28. The summed E-state index contributed by atoms with van der Waals surface area (Å²) in [7, 11) is 0. The van der Waals surface area contributed by atoms with E-state index in [2.05, 4.69) is 10.3 Å². The van der Waals surface area contributed by atoms with E-state index in [0.29, 0.717) is 21.7 Å². The lowest BCUT2D eigenvalue weighted by Crippen LogP contribution is -2.29.